The fraction of sp³-hybridized carbons (Fsp3) is 0.412. The number of hydrogen-bond donors (Lipinski definition) is 2. The van der Waals surface area contributed by atoms with Gasteiger partial charge in [-0.15, -0.1) is 0 Å². The molecule has 1 aromatic rings. The largest absolute Gasteiger partial charge is 0.459 e. The fourth-order valence-electron chi connectivity index (χ4n) is 1.83. The minimum atomic E-state index is -0.532. The first-order valence-electron chi connectivity index (χ1n) is 7.66. The predicted octanol–water partition coefficient (Wildman–Crippen LogP) is 2.82. The van der Waals surface area contributed by atoms with Crippen LogP contribution in [0, 0.1) is 0 Å². The van der Waals surface area contributed by atoms with Crippen LogP contribution in [0.3, 0.4) is 0 Å². The number of nitrogens with one attached hydrogen (secondary N) is 2. The summed E-state index contributed by atoms with van der Waals surface area (Å²) in [6.07, 6.45) is 3.30. The second-order valence-electron chi connectivity index (χ2n) is 5.02. The zero-order chi connectivity index (χ0) is 16.9. The number of unbranched alkanes of at least 4 members (excludes halogenated alkanes) is 1. The van der Waals surface area contributed by atoms with E-state index in [2.05, 4.69) is 17.4 Å². The molecule has 0 unspecified atom stereocenters. The Labute approximate surface area is 136 Å². The molecule has 23 heavy (non-hydrogen) atoms. The fourth-order valence-corrected chi connectivity index (χ4v) is 1.83. The normalized spacial score (nSPS) is 11.3. The Balaban J connectivity index is 2.06. The van der Waals surface area contributed by atoms with Crippen LogP contribution in [0.1, 0.15) is 36.5 Å². The van der Waals surface area contributed by atoms with Crippen LogP contribution in [-0.4, -0.2) is 31.3 Å². The Kier molecular flexibility index (Phi) is 9.16. The van der Waals surface area contributed by atoms with Crippen molar-refractivity contribution in [3.63, 3.8) is 0 Å². The molecular formula is C17H24N2O4. The van der Waals surface area contributed by atoms with E-state index in [1.54, 1.807) is 24.3 Å². The van der Waals surface area contributed by atoms with Crippen molar-refractivity contribution in [2.24, 2.45) is 0 Å². The van der Waals surface area contributed by atoms with Gasteiger partial charge >= 0.3 is 12.1 Å². The highest BCUT2D eigenvalue weighted by Crippen LogP contribution is 2.08. The number of carbonyl (C=O) groups excluding carboxylic acids is 2. The van der Waals surface area contributed by atoms with Crippen molar-refractivity contribution in [3.05, 3.63) is 48.6 Å². The summed E-state index contributed by atoms with van der Waals surface area (Å²) in [6.45, 7) is 6.11. The van der Waals surface area contributed by atoms with E-state index in [1.165, 1.54) is 6.08 Å². The Morgan fingerprint density at radius 1 is 1.26 bits per heavy atom. The Bertz CT molecular complexity index is 491. The van der Waals surface area contributed by atoms with Crippen LogP contribution >= 0.6 is 0 Å². The third kappa shape index (κ3) is 8.63. The summed E-state index contributed by atoms with van der Waals surface area (Å²) in [4.78, 5) is 22.9. The van der Waals surface area contributed by atoms with E-state index in [1.807, 2.05) is 13.0 Å². The minimum absolute atomic E-state index is 0.145. The summed E-state index contributed by atoms with van der Waals surface area (Å²) in [5.74, 6) is -0.303. The van der Waals surface area contributed by atoms with Gasteiger partial charge in [0.25, 0.3) is 0 Å². The van der Waals surface area contributed by atoms with E-state index >= 15 is 0 Å². The van der Waals surface area contributed by atoms with Gasteiger partial charge in [0.2, 0.25) is 0 Å². The van der Waals surface area contributed by atoms with Gasteiger partial charge in [-0.3, -0.25) is 5.43 Å². The molecule has 0 heterocycles. The summed E-state index contributed by atoms with van der Waals surface area (Å²) < 4.78 is 10.1. The van der Waals surface area contributed by atoms with Crippen molar-refractivity contribution in [3.8, 4) is 0 Å². The highest BCUT2D eigenvalue weighted by atomic mass is 16.6. The van der Waals surface area contributed by atoms with E-state index in [4.69, 9.17) is 9.47 Å². The quantitative estimate of drug-likeness (QED) is 0.300. The van der Waals surface area contributed by atoms with Crippen LogP contribution in [-0.2, 0) is 9.47 Å². The molecule has 0 aliphatic heterocycles. The number of hydrogen-bond acceptors (Lipinski definition) is 5. The van der Waals surface area contributed by atoms with Gasteiger partial charge in [0.15, 0.2) is 0 Å². The molecule has 0 spiro atoms. The number of esters is 1. The first-order chi connectivity index (χ1) is 11.1. The zero-order valence-electron chi connectivity index (χ0n) is 13.4. The second-order valence-corrected chi connectivity index (χ2v) is 5.02. The van der Waals surface area contributed by atoms with Gasteiger partial charge in [-0.1, -0.05) is 30.9 Å². The average Bonchev–Trinajstić information content (AvgIpc) is 2.56. The molecule has 2 N–H and O–H groups in total. The van der Waals surface area contributed by atoms with Gasteiger partial charge in [-0.25, -0.2) is 15.0 Å². The summed E-state index contributed by atoms with van der Waals surface area (Å²) >= 11 is 0. The van der Waals surface area contributed by atoms with Crippen LogP contribution < -0.4 is 10.9 Å². The molecule has 1 atom stereocenters. The molecule has 0 radical (unpaired) electrons. The van der Waals surface area contributed by atoms with Gasteiger partial charge in [0, 0.05) is 6.54 Å². The molecule has 1 rings (SSSR count). The molecule has 0 saturated heterocycles. The van der Waals surface area contributed by atoms with Gasteiger partial charge in [-0.05, 0) is 38.3 Å². The van der Waals surface area contributed by atoms with E-state index in [0.29, 0.717) is 12.1 Å². The zero-order valence-corrected chi connectivity index (χ0v) is 13.4. The van der Waals surface area contributed by atoms with Gasteiger partial charge in [0.05, 0.1) is 11.7 Å². The molecule has 0 aliphatic rings. The lowest BCUT2D eigenvalue weighted by Gasteiger charge is -2.13. The van der Waals surface area contributed by atoms with E-state index in [9.17, 15) is 9.59 Å². The van der Waals surface area contributed by atoms with E-state index in [0.717, 1.165) is 19.3 Å². The van der Waals surface area contributed by atoms with Crippen LogP contribution in [0.5, 0.6) is 0 Å². The molecular weight excluding hydrogens is 296 g/mol. The van der Waals surface area contributed by atoms with Crippen LogP contribution in [0.2, 0.25) is 0 Å². The lowest BCUT2D eigenvalue weighted by Crippen LogP contribution is -2.38. The highest BCUT2D eigenvalue weighted by molar-refractivity contribution is 5.89. The van der Waals surface area contributed by atoms with Crippen molar-refractivity contribution in [2.75, 3.05) is 13.2 Å². The van der Waals surface area contributed by atoms with Crippen molar-refractivity contribution in [2.45, 2.75) is 32.3 Å². The topological polar surface area (TPSA) is 76.7 Å². The smallest absolute Gasteiger partial charge is 0.421 e. The molecule has 0 fully saturated rings. The molecule has 0 aromatic heterocycles. The number of rotatable bonds is 10. The SMILES string of the molecule is C=CCOC(=O)NNCCCC[C@@H](C)OC(=O)c1ccccc1. The van der Waals surface area contributed by atoms with Crippen LogP contribution in [0.15, 0.2) is 43.0 Å². The second kappa shape index (κ2) is 11.3. The van der Waals surface area contributed by atoms with Crippen molar-refractivity contribution < 1.29 is 19.1 Å². The molecule has 0 saturated carbocycles. The van der Waals surface area contributed by atoms with E-state index in [-0.39, 0.29) is 18.7 Å². The van der Waals surface area contributed by atoms with Crippen LogP contribution in [0.25, 0.3) is 0 Å². The first-order valence-corrected chi connectivity index (χ1v) is 7.66. The number of carbonyl (C=O) groups is 2. The first kappa shape index (κ1) is 18.7. The Morgan fingerprint density at radius 2 is 2.00 bits per heavy atom. The maximum atomic E-state index is 11.8. The lowest BCUT2D eigenvalue weighted by molar-refractivity contribution is 0.0319. The van der Waals surface area contributed by atoms with E-state index < -0.39 is 6.09 Å². The third-order valence-electron chi connectivity index (χ3n) is 3.00. The third-order valence-corrected chi connectivity index (χ3v) is 3.00. The monoisotopic (exact) mass is 320 g/mol. The van der Waals surface area contributed by atoms with Crippen molar-refractivity contribution in [1.82, 2.24) is 10.9 Å². The lowest BCUT2D eigenvalue weighted by atomic mass is 10.1. The van der Waals surface area contributed by atoms with Gasteiger partial charge in [0.1, 0.15) is 6.61 Å². The van der Waals surface area contributed by atoms with Crippen molar-refractivity contribution in [1.29, 1.82) is 0 Å². The van der Waals surface area contributed by atoms with Gasteiger partial charge < -0.3 is 9.47 Å². The molecule has 126 valence electrons. The number of ether oxygens (including phenoxy) is 2. The van der Waals surface area contributed by atoms with Crippen molar-refractivity contribution >= 4 is 12.1 Å². The molecule has 0 aliphatic carbocycles. The molecule has 1 amide bonds. The minimum Gasteiger partial charge on any atom is -0.459 e. The number of benzene rings is 1. The highest BCUT2D eigenvalue weighted by Gasteiger charge is 2.11. The Hall–Kier alpha value is -2.34. The summed E-state index contributed by atoms with van der Waals surface area (Å²) in [5, 5.41) is 0. The molecule has 1 aromatic carbocycles. The summed E-state index contributed by atoms with van der Waals surface area (Å²) in [6, 6.07) is 8.93. The Morgan fingerprint density at radius 3 is 2.70 bits per heavy atom. The number of amides is 1. The summed E-state index contributed by atoms with van der Waals surface area (Å²) in [7, 11) is 0. The maximum Gasteiger partial charge on any atom is 0.421 e. The molecule has 0 bridgehead atoms. The predicted molar refractivity (Wildman–Crippen MR) is 87.9 cm³/mol. The molecule has 6 nitrogen and oxygen atoms in total. The average molecular weight is 320 g/mol. The van der Waals surface area contributed by atoms with Crippen LogP contribution in [0.4, 0.5) is 4.79 Å². The maximum absolute atomic E-state index is 11.8. The standard InChI is InChI=1S/C17H24N2O4/c1-3-13-22-17(21)19-18-12-8-7-9-14(2)23-16(20)15-10-5-4-6-11-15/h3-6,10-11,14,18H,1,7-9,12-13H2,2H3,(H,19,21)/t14-/m1/s1. The number of hydrazine groups is 1. The van der Waals surface area contributed by atoms with Gasteiger partial charge in [-0.2, -0.15) is 0 Å². The summed E-state index contributed by atoms with van der Waals surface area (Å²) in [5.41, 5.74) is 5.74. The molecule has 6 heteroatoms.